The molecule has 0 aromatic carbocycles. The zero-order chi connectivity index (χ0) is 7.78. The van der Waals surface area contributed by atoms with Crippen LogP contribution in [0.3, 0.4) is 0 Å². The summed E-state index contributed by atoms with van der Waals surface area (Å²) in [7, 11) is 0. The Kier molecular flexibility index (Phi) is 1.76. The highest BCUT2D eigenvalue weighted by Gasteiger charge is 2.47. The smallest absolute Gasteiger partial charge is 0.247 e. The minimum absolute atomic E-state index is 1.33. The van der Waals surface area contributed by atoms with Crippen molar-refractivity contribution in [2.75, 3.05) is 0 Å². The van der Waals surface area contributed by atoms with E-state index in [0.717, 1.165) is 0 Å². The molecule has 0 fully saturated rings. The van der Waals surface area contributed by atoms with Crippen molar-refractivity contribution in [1.82, 2.24) is 5.32 Å². The predicted molar refractivity (Wildman–Crippen MR) is 29.1 cm³/mol. The molecule has 1 rings (SSSR count). The van der Waals surface area contributed by atoms with Crippen molar-refractivity contribution in [1.29, 1.82) is 0 Å². The predicted octanol–water partition coefficient (Wildman–Crippen LogP) is 1.01. The highest BCUT2D eigenvalue weighted by atomic mass is 35.5. The molecule has 0 amide bonds. The molecule has 0 spiro atoms. The lowest BCUT2D eigenvalue weighted by molar-refractivity contribution is -0.145. The fourth-order valence-electron chi connectivity index (χ4n) is 0.512. The lowest BCUT2D eigenvalue weighted by atomic mass is 10.3. The van der Waals surface area contributed by atoms with E-state index < -0.39 is 17.7 Å². The average molecular weight is 171 g/mol. The monoisotopic (exact) mass is 170 g/mol. The molecule has 1 heterocycles. The Balaban J connectivity index is 2.64. The number of rotatable bonds is 0. The van der Waals surface area contributed by atoms with Gasteiger partial charge in [-0.15, -0.1) is 0 Å². The van der Waals surface area contributed by atoms with Gasteiger partial charge in [-0.05, 0) is 0 Å². The zero-order valence-corrected chi connectivity index (χ0v) is 5.32. The van der Waals surface area contributed by atoms with E-state index >= 15 is 0 Å². The van der Waals surface area contributed by atoms with E-state index in [-0.39, 0.29) is 0 Å². The van der Waals surface area contributed by atoms with Crippen LogP contribution >= 0.6 is 11.6 Å². The number of nitrogens with zero attached hydrogens (tertiary/aromatic N) is 2. The molecule has 6 heteroatoms. The Labute approximate surface area is 60.1 Å². The first-order valence-electron chi connectivity index (χ1n) is 2.37. The van der Waals surface area contributed by atoms with Crippen LogP contribution in [0.5, 0.6) is 0 Å². The summed E-state index contributed by atoms with van der Waals surface area (Å²) in [6.07, 6.45) is -2.58. The number of hydrogen-bond donors (Lipinski definition) is 0. The van der Waals surface area contributed by atoms with Gasteiger partial charge in [0, 0.05) is 0 Å². The summed E-state index contributed by atoms with van der Waals surface area (Å²) in [6, 6.07) is -1.91. The average Bonchev–Trinajstić information content (AvgIpc) is 2.11. The Morgan fingerprint density at radius 1 is 1.40 bits per heavy atom. The fraction of sp³-hybridized carbons (Fsp3) is 0.750. The van der Waals surface area contributed by atoms with Crippen molar-refractivity contribution in [2.24, 2.45) is 4.99 Å². The Morgan fingerprint density at radius 3 is 2.20 bits per heavy atom. The van der Waals surface area contributed by atoms with E-state index in [1.165, 1.54) is 0 Å². The second-order valence-corrected chi connectivity index (χ2v) is 2.16. The normalized spacial score (nSPS) is 32.4. The van der Waals surface area contributed by atoms with Crippen molar-refractivity contribution in [2.45, 2.75) is 17.7 Å². The van der Waals surface area contributed by atoms with Crippen LogP contribution in [0, 0.1) is 0 Å². The van der Waals surface area contributed by atoms with E-state index in [2.05, 4.69) is 10.3 Å². The molecule has 0 aromatic rings. The second-order valence-electron chi connectivity index (χ2n) is 1.72. The van der Waals surface area contributed by atoms with Crippen molar-refractivity contribution in [3.05, 3.63) is 0 Å². The lowest BCUT2D eigenvalue weighted by Crippen LogP contribution is -2.35. The van der Waals surface area contributed by atoms with Crippen molar-refractivity contribution >= 4 is 17.9 Å². The van der Waals surface area contributed by atoms with Gasteiger partial charge in [-0.1, -0.05) is 11.6 Å². The Morgan fingerprint density at radius 2 is 2.00 bits per heavy atom. The van der Waals surface area contributed by atoms with Gasteiger partial charge in [0.15, 0.2) is 17.9 Å². The first-order valence-corrected chi connectivity index (χ1v) is 2.81. The molecular formula is C4H2ClF3N2. The molecule has 1 aliphatic rings. The summed E-state index contributed by atoms with van der Waals surface area (Å²) in [5.41, 5.74) is -1.33. The SMILES string of the molecule is FC(F)(F)C1N=[C][N]C1Cl. The molecule has 0 aromatic heterocycles. The van der Waals surface area contributed by atoms with Gasteiger partial charge in [0.1, 0.15) is 0 Å². The summed E-state index contributed by atoms with van der Waals surface area (Å²) >= 11 is 5.12. The molecule has 2 unspecified atom stereocenters. The maximum Gasteiger partial charge on any atom is 0.414 e. The third-order valence-electron chi connectivity index (χ3n) is 0.974. The van der Waals surface area contributed by atoms with E-state index in [1.54, 1.807) is 0 Å². The topological polar surface area (TPSA) is 26.5 Å². The molecule has 2 atom stereocenters. The molecule has 56 valence electrons. The quantitative estimate of drug-likeness (QED) is 0.383. The molecule has 0 N–H and O–H groups in total. The summed E-state index contributed by atoms with van der Waals surface area (Å²) in [6.45, 7) is 0. The van der Waals surface area contributed by atoms with Crippen LogP contribution in [-0.4, -0.2) is 24.1 Å². The molecule has 0 saturated heterocycles. The third-order valence-corrected chi connectivity index (χ3v) is 1.31. The van der Waals surface area contributed by atoms with Crippen molar-refractivity contribution in [3.8, 4) is 0 Å². The summed E-state index contributed by atoms with van der Waals surface area (Å²) < 4.78 is 35.2. The standard InChI is InChI=1S/C4H2ClF3N2/c5-3-2(4(6,7)8)9-1-10-3/h2-3H. The first kappa shape index (κ1) is 7.65. The first-order chi connectivity index (χ1) is 4.52. The van der Waals surface area contributed by atoms with Crippen LogP contribution in [0.1, 0.15) is 0 Å². The largest absolute Gasteiger partial charge is 0.414 e. The summed E-state index contributed by atoms with van der Waals surface area (Å²) in [4.78, 5) is 2.91. The molecule has 10 heavy (non-hydrogen) atoms. The van der Waals surface area contributed by atoms with Crippen LogP contribution in [-0.2, 0) is 0 Å². The fourth-order valence-corrected chi connectivity index (χ4v) is 0.755. The van der Waals surface area contributed by atoms with E-state index in [9.17, 15) is 13.2 Å². The van der Waals surface area contributed by atoms with Gasteiger partial charge in [-0.2, -0.15) is 13.2 Å². The molecule has 0 aliphatic carbocycles. The van der Waals surface area contributed by atoms with Crippen molar-refractivity contribution < 1.29 is 13.2 Å². The number of alkyl halides is 4. The van der Waals surface area contributed by atoms with Crippen LogP contribution in [0.2, 0.25) is 0 Å². The van der Waals surface area contributed by atoms with Gasteiger partial charge >= 0.3 is 6.18 Å². The number of hydrogen-bond acceptors (Lipinski definition) is 1. The summed E-state index contributed by atoms with van der Waals surface area (Å²) in [5, 5.41) is 3.11. The lowest BCUT2D eigenvalue weighted by Gasteiger charge is -2.13. The molecule has 2 nitrogen and oxygen atoms in total. The van der Waals surface area contributed by atoms with Gasteiger partial charge < -0.3 is 0 Å². The van der Waals surface area contributed by atoms with Crippen LogP contribution in [0.25, 0.3) is 0 Å². The Bertz CT molecular complexity index is 155. The third kappa shape index (κ3) is 1.34. The molecule has 1 aliphatic heterocycles. The van der Waals surface area contributed by atoms with Gasteiger partial charge in [-0.3, -0.25) is 0 Å². The molecule has 2 radical (unpaired) electrons. The van der Waals surface area contributed by atoms with Crippen LogP contribution in [0.4, 0.5) is 13.2 Å². The number of halogens is 4. The summed E-state index contributed by atoms with van der Waals surface area (Å²) in [5.74, 6) is 0. The Hall–Kier alpha value is -0.450. The highest BCUT2D eigenvalue weighted by Crippen LogP contribution is 2.28. The van der Waals surface area contributed by atoms with Crippen LogP contribution in [0.15, 0.2) is 4.99 Å². The van der Waals surface area contributed by atoms with E-state index in [1.807, 2.05) is 6.34 Å². The van der Waals surface area contributed by atoms with Crippen molar-refractivity contribution in [3.63, 3.8) is 0 Å². The van der Waals surface area contributed by atoms with Gasteiger partial charge in [-0.25, -0.2) is 10.3 Å². The second kappa shape index (κ2) is 2.30. The minimum atomic E-state index is -4.40. The molecular weight excluding hydrogens is 169 g/mol. The molecule has 0 bridgehead atoms. The highest BCUT2D eigenvalue weighted by molar-refractivity contribution is 6.21. The van der Waals surface area contributed by atoms with Crippen LogP contribution < -0.4 is 5.32 Å². The molecule has 0 saturated carbocycles. The zero-order valence-electron chi connectivity index (χ0n) is 4.56. The van der Waals surface area contributed by atoms with Gasteiger partial charge in [0.25, 0.3) is 0 Å². The maximum atomic E-state index is 11.7. The minimum Gasteiger partial charge on any atom is -0.247 e. The van der Waals surface area contributed by atoms with Gasteiger partial charge in [0.05, 0.1) is 0 Å². The van der Waals surface area contributed by atoms with E-state index in [4.69, 9.17) is 11.6 Å². The number of aliphatic imine (C=N–C) groups is 1. The van der Waals surface area contributed by atoms with E-state index in [0.29, 0.717) is 0 Å². The van der Waals surface area contributed by atoms with Gasteiger partial charge in [0.2, 0.25) is 0 Å². The maximum absolute atomic E-state index is 11.7.